The Labute approximate surface area is 87.2 Å². The highest BCUT2D eigenvalue weighted by atomic mass is 16.4. The molecule has 2 rings (SSSR count). The summed E-state index contributed by atoms with van der Waals surface area (Å²) in [4.78, 5) is 14.6. The lowest BCUT2D eigenvalue weighted by Gasteiger charge is -1.99. The highest BCUT2D eigenvalue weighted by molar-refractivity contribution is 5.66. The zero-order valence-corrected chi connectivity index (χ0v) is 8.26. The summed E-state index contributed by atoms with van der Waals surface area (Å²) >= 11 is 0. The van der Waals surface area contributed by atoms with Crippen LogP contribution in [0.5, 0.6) is 0 Å². The molecule has 78 valence electrons. The maximum absolute atomic E-state index is 10.4. The second-order valence-electron chi connectivity index (χ2n) is 3.42. The van der Waals surface area contributed by atoms with Gasteiger partial charge in [-0.3, -0.25) is 4.79 Å². The van der Waals surface area contributed by atoms with Gasteiger partial charge in [-0.25, -0.2) is 4.98 Å². The molecule has 0 spiro atoms. The number of pyridine rings is 1. The number of aryl methyl sites for hydroxylation is 1. The van der Waals surface area contributed by atoms with Crippen molar-refractivity contribution in [1.29, 1.82) is 0 Å². The first-order valence-corrected chi connectivity index (χ1v) is 4.90. The quantitative estimate of drug-likeness (QED) is 0.825. The summed E-state index contributed by atoms with van der Waals surface area (Å²) in [6.07, 6.45) is 5.27. The number of carboxylic acid groups (broad SMARTS) is 1. The molecule has 0 fully saturated rings. The zero-order chi connectivity index (χ0) is 10.7. The number of hydrogen-bond acceptors (Lipinski definition) is 2. The van der Waals surface area contributed by atoms with E-state index >= 15 is 0 Å². The predicted octanol–water partition coefficient (Wildman–Crippen LogP) is 1.74. The van der Waals surface area contributed by atoms with E-state index in [-0.39, 0.29) is 6.42 Å². The average molecular weight is 204 g/mol. The van der Waals surface area contributed by atoms with E-state index in [2.05, 4.69) is 4.98 Å². The molecule has 0 aliphatic carbocycles. The third-order valence-electron chi connectivity index (χ3n) is 2.31. The van der Waals surface area contributed by atoms with Crippen molar-refractivity contribution in [3.63, 3.8) is 0 Å². The molecule has 4 nitrogen and oxygen atoms in total. The molecule has 0 aliphatic rings. The van der Waals surface area contributed by atoms with Gasteiger partial charge < -0.3 is 9.51 Å². The Hall–Kier alpha value is -1.84. The van der Waals surface area contributed by atoms with Gasteiger partial charge in [0.25, 0.3) is 0 Å². The van der Waals surface area contributed by atoms with Gasteiger partial charge in [0.1, 0.15) is 5.82 Å². The minimum absolute atomic E-state index is 0.196. The van der Waals surface area contributed by atoms with Gasteiger partial charge >= 0.3 is 5.97 Å². The van der Waals surface area contributed by atoms with Crippen molar-refractivity contribution in [1.82, 2.24) is 9.38 Å². The molecule has 0 aliphatic heterocycles. The Morgan fingerprint density at radius 3 is 3.13 bits per heavy atom. The van der Waals surface area contributed by atoms with E-state index in [0.717, 1.165) is 11.3 Å². The molecule has 15 heavy (non-hydrogen) atoms. The largest absolute Gasteiger partial charge is 0.481 e. The molecule has 1 N–H and O–H groups in total. The van der Waals surface area contributed by atoms with Crippen LogP contribution in [0.4, 0.5) is 0 Å². The highest BCUT2D eigenvalue weighted by Crippen LogP contribution is 2.08. The number of hydrogen-bond donors (Lipinski definition) is 1. The molecule has 2 aromatic rings. The third-order valence-corrected chi connectivity index (χ3v) is 2.31. The summed E-state index contributed by atoms with van der Waals surface area (Å²) < 4.78 is 1.99. The Kier molecular flexibility index (Phi) is 2.67. The van der Waals surface area contributed by atoms with Gasteiger partial charge in [-0.15, -0.1) is 0 Å². The number of carboxylic acids is 1. The molecule has 0 aromatic carbocycles. The van der Waals surface area contributed by atoms with E-state index in [9.17, 15) is 4.79 Å². The third kappa shape index (κ3) is 2.15. The second-order valence-corrected chi connectivity index (χ2v) is 3.42. The molecule has 0 saturated heterocycles. The minimum atomic E-state index is -0.754. The minimum Gasteiger partial charge on any atom is -0.481 e. The molecule has 4 heteroatoms. The fourth-order valence-electron chi connectivity index (χ4n) is 1.58. The summed E-state index contributed by atoms with van der Waals surface area (Å²) in [6.45, 7) is 0. The van der Waals surface area contributed by atoms with E-state index in [1.165, 1.54) is 0 Å². The predicted molar refractivity (Wildman–Crippen MR) is 55.8 cm³/mol. The Bertz CT molecular complexity index is 476. The highest BCUT2D eigenvalue weighted by Gasteiger charge is 2.03. The first-order chi connectivity index (χ1) is 7.27. The molecule has 0 radical (unpaired) electrons. The van der Waals surface area contributed by atoms with Crippen LogP contribution in [0.1, 0.15) is 18.7 Å². The van der Waals surface area contributed by atoms with Crippen LogP contribution in [0, 0.1) is 0 Å². The van der Waals surface area contributed by atoms with Gasteiger partial charge in [-0.1, -0.05) is 6.07 Å². The van der Waals surface area contributed by atoms with Gasteiger partial charge in [0, 0.05) is 19.0 Å². The number of aromatic nitrogens is 2. The van der Waals surface area contributed by atoms with Crippen LogP contribution in [0.2, 0.25) is 0 Å². The monoisotopic (exact) mass is 204 g/mol. The number of carbonyl (C=O) groups is 1. The molecule has 0 saturated carbocycles. The van der Waals surface area contributed by atoms with Crippen molar-refractivity contribution in [3.8, 4) is 0 Å². The van der Waals surface area contributed by atoms with Gasteiger partial charge in [0.15, 0.2) is 0 Å². The number of nitrogens with zero attached hydrogens (tertiary/aromatic N) is 2. The summed E-state index contributed by atoms with van der Waals surface area (Å²) in [7, 11) is 0. The van der Waals surface area contributed by atoms with Crippen molar-refractivity contribution < 1.29 is 9.90 Å². The fourth-order valence-corrected chi connectivity index (χ4v) is 1.58. The van der Waals surface area contributed by atoms with Crippen LogP contribution in [-0.4, -0.2) is 20.5 Å². The first kappa shape index (κ1) is 9.71. The molecule has 0 bridgehead atoms. The van der Waals surface area contributed by atoms with Crippen molar-refractivity contribution in [2.75, 3.05) is 0 Å². The SMILES string of the molecule is O=C(O)CCCc1ncc2ccccn12. The molecule has 2 heterocycles. The number of fused-ring (bicyclic) bond motifs is 1. The van der Waals surface area contributed by atoms with Crippen molar-refractivity contribution >= 4 is 11.5 Å². The second kappa shape index (κ2) is 4.13. The molecule has 0 atom stereocenters. The summed E-state index contributed by atoms with van der Waals surface area (Å²) in [5.74, 6) is 0.169. The van der Waals surface area contributed by atoms with Crippen molar-refractivity contribution in [3.05, 3.63) is 36.4 Å². The topological polar surface area (TPSA) is 54.6 Å². The van der Waals surface area contributed by atoms with Gasteiger partial charge in [0.2, 0.25) is 0 Å². The molecule has 0 amide bonds. The van der Waals surface area contributed by atoms with Crippen LogP contribution in [0.15, 0.2) is 30.6 Å². The smallest absolute Gasteiger partial charge is 0.303 e. The van der Waals surface area contributed by atoms with Crippen LogP contribution < -0.4 is 0 Å². The van der Waals surface area contributed by atoms with Crippen molar-refractivity contribution in [2.24, 2.45) is 0 Å². The zero-order valence-electron chi connectivity index (χ0n) is 8.26. The maximum atomic E-state index is 10.4. The van der Waals surface area contributed by atoms with E-state index < -0.39 is 5.97 Å². The Morgan fingerprint density at radius 2 is 2.33 bits per heavy atom. The van der Waals surface area contributed by atoms with E-state index in [4.69, 9.17) is 5.11 Å². The lowest BCUT2D eigenvalue weighted by molar-refractivity contribution is -0.137. The average Bonchev–Trinajstić information content (AvgIpc) is 2.62. The van der Waals surface area contributed by atoms with Crippen LogP contribution in [0.25, 0.3) is 5.52 Å². The van der Waals surface area contributed by atoms with E-state index in [1.54, 1.807) is 6.20 Å². The maximum Gasteiger partial charge on any atom is 0.303 e. The van der Waals surface area contributed by atoms with Gasteiger partial charge in [-0.05, 0) is 18.6 Å². The molecular weight excluding hydrogens is 192 g/mol. The Morgan fingerprint density at radius 1 is 1.47 bits per heavy atom. The van der Waals surface area contributed by atoms with E-state index in [0.29, 0.717) is 12.8 Å². The fraction of sp³-hybridized carbons (Fsp3) is 0.273. The van der Waals surface area contributed by atoms with Crippen molar-refractivity contribution in [2.45, 2.75) is 19.3 Å². The lowest BCUT2D eigenvalue weighted by Crippen LogP contribution is -1.99. The van der Waals surface area contributed by atoms with Crippen LogP contribution in [0.3, 0.4) is 0 Å². The lowest BCUT2D eigenvalue weighted by atomic mass is 10.2. The molecular formula is C11H12N2O2. The number of imidazole rings is 1. The Balaban J connectivity index is 2.11. The van der Waals surface area contributed by atoms with E-state index in [1.807, 2.05) is 28.8 Å². The van der Waals surface area contributed by atoms with Crippen LogP contribution in [-0.2, 0) is 11.2 Å². The standard InChI is InChI=1S/C11H12N2O2/c14-11(15)6-3-5-10-12-8-9-4-1-2-7-13(9)10/h1-2,4,7-8H,3,5-6H2,(H,14,15). The molecule has 0 unspecified atom stereocenters. The molecule has 2 aromatic heterocycles. The number of aliphatic carboxylic acids is 1. The summed E-state index contributed by atoms with van der Waals surface area (Å²) in [6, 6.07) is 5.88. The summed E-state index contributed by atoms with van der Waals surface area (Å²) in [5.41, 5.74) is 1.04. The first-order valence-electron chi connectivity index (χ1n) is 4.90. The number of rotatable bonds is 4. The summed E-state index contributed by atoms with van der Waals surface area (Å²) in [5, 5.41) is 8.53. The van der Waals surface area contributed by atoms with Gasteiger partial charge in [0.05, 0.1) is 11.7 Å². The normalized spacial score (nSPS) is 10.7. The van der Waals surface area contributed by atoms with Gasteiger partial charge in [-0.2, -0.15) is 0 Å². The van der Waals surface area contributed by atoms with Crippen LogP contribution >= 0.6 is 0 Å².